The van der Waals surface area contributed by atoms with Crippen molar-refractivity contribution < 1.29 is 9.59 Å². The quantitative estimate of drug-likeness (QED) is 0.248. The Morgan fingerprint density at radius 1 is 0.643 bits per heavy atom. The van der Waals surface area contributed by atoms with Gasteiger partial charge in [-0.2, -0.15) is 31.6 Å². The van der Waals surface area contributed by atoms with Crippen LogP contribution in [0.4, 0.5) is 0 Å². The minimum Gasteiger partial charge on any atom is -0.387 e. The molecule has 2 aliphatic carbocycles. The van der Waals surface area contributed by atoms with Crippen molar-refractivity contribution >= 4 is 33.8 Å². The number of nitrogens with one attached hydrogen (secondary N) is 2. The van der Waals surface area contributed by atoms with Gasteiger partial charge in [-0.25, -0.2) is 0 Å². The number of nitrogens with zero attached hydrogens (tertiary/aromatic N) is 6. The van der Waals surface area contributed by atoms with E-state index in [1.165, 1.54) is 0 Å². The van der Waals surface area contributed by atoms with Crippen molar-refractivity contribution in [1.82, 2.24) is 10.6 Å². The number of unbranched alkanes of at least 4 members (excludes halogenated alkanes) is 3. The fourth-order valence-electron chi connectivity index (χ4n) is 5.02. The molecule has 2 aliphatic rings. The lowest BCUT2D eigenvalue weighted by Gasteiger charge is -2.26. The summed E-state index contributed by atoms with van der Waals surface area (Å²) in [5.41, 5.74) is 2.03. The summed E-state index contributed by atoms with van der Waals surface area (Å²) in [4.78, 5) is 24.8. The first kappa shape index (κ1) is 33.7. The van der Waals surface area contributed by atoms with Gasteiger partial charge in [-0.15, -0.1) is 0 Å². The molecule has 0 amide bonds. The molecule has 2 rings (SSSR count). The number of hydrogen-bond donors (Lipinski definition) is 2. The van der Waals surface area contributed by atoms with Crippen LogP contribution in [0.25, 0.3) is 0 Å². The molecule has 214 valence electrons. The van der Waals surface area contributed by atoms with E-state index in [0.29, 0.717) is 48.5 Å². The van der Waals surface area contributed by atoms with Gasteiger partial charge in [0.05, 0.1) is 11.1 Å². The second-order valence-electron chi connectivity index (χ2n) is 9.61. The Labute approximate surface area is 255 Å². The Kier molecular flexibility index (Phi) is 14.0. The van der Waals surface area contributed by atoms with Gasteiger partial charge >= 0.3 is 0 Å². The van der Waals surface area contributed by atoms with Gasteiger partial charge in [-0.05, 0) is 51.0 Å². The molecule has 0 saturated carbocycles. The summed E-state index contributed by atoms with van der Waals surface area (Å²) < 4.78 is 0. The summed E-state index contributed by atoms with van der Waals surface area (Å²) >= 11 is 2.18. The van der Waals surface area contributed by atoms with Crippen LogP contribution in [0.5, 0.6) is 0 Å². The van der Waals surface area contributed by atoms with E-state index in [-0.39, 0.29) is 45.4 Å². The zero-order chi connectivity index (χ0) is 31.1. The highest BCUT2D eigenvalue weighted by Crippen LogP contribution is 2.37. The Bertz CT molecular complexity index is 1340. The summed E-state index contributed by atoms with van der Waals surface area (Å²) in [7, 11) is 0. The number of hydrogen-bond acceptors (Lipinski definition) is 12. The van der Waals surface area contributed by atoms with Crippen LogP contribution >= 0.6 is 23.5 Å². The summed E-state index contributed by atoms with van der Waals surface area (Å²) in [6.07, 6.45) is 7.75. The number of nitriles is 6. The topological polar surface area (TPSA) is 201 Å². The van der Waals surface area contributed by atoms with Crippen LogP contribution in [-0.2, 0) is 9.59 Å². The first-order valence-electron chi connectivity index (χ1n) is 13.3. The molecule has 0 aromatic rings. The largest absolute Gasteiger partial charge is 0.387 e. The van der Waals surface area contributed by atoms with Gasteiger partial charge in [0.1, 0.15) is 47.6 Å². The summed E-state index contributed by atoms with van der Waals surface area (Å²) in [5, 5.41) is 63.4. The molecule has 0 radical (unpaired) electrons. The first-order chi connectivity index (χ1) is 20.3. The van der Waals surface area contributed by atoms with E-state index < -0.39 is 11.8 Å². The van der Waals surface area contributed by atoms with E-state index in [0.717, 1.165) is 49.2 Å². The SMILES string of the molecule is CSC(=O)C1CC(NCCCCCCNC2=C(C#N)C(=C(C#N)C#N)CC(C(=O)SC)C2)=C(C#N)C(=C(C#N)C#N)C1. The molecule has 0 saturated heterocycles. The van der Waals surface area contributed by atoms with E-state index in [9.17, 15) is 41.2 Å². The molecule has 0 spiro atoms. The summed E-state index contributed by atoms with van der Waals surface area (Å²) in [6.45, 7) is 1.11. The van der Waals surface area contributed by atoms with Crippen LogP contribution in [0.2, 0.25) is 0 Å². The van der Waals surface area contributed by atoms with E-state index in [1.54, 1.807) is 12.5 Å². The normalized spacial score (nSPS) is 17.9. The Balaban J connectivity index is 1.99. The van der Waals surface area contributed by atoms with Crippen LogP contribution in [0, 0.1) is 79.8 Å². The van der Waals surface area contributed by atoms with Gasteiger partial charge in [-0.1, -0.05) is 36.4 Å². The van der Waals surface area contributed by atoms with E-state index in [1.807, 2.05) is 24.3 Å². The van der Waals surface area contributed by atoms with Gasteiger partial charge in [0, 0.05) is 47.5 Å². The van der Waals surface area contributed by atoms with Crippen molar-refractivity contribution in [2.24, 2.45) is 11.8 Å². The van der Waals surface area contributed by atoms with Crippen molar-refractivity contribution in [1.29, 1.82) is 31.6 Å². The molecule has 42 heavy (non-hydrogen) atoms. The van der Waals surface area contributed by atoms with Crippen molar-refractivity contribution in [2.45, 2.75) is 51.4 Å². The highest BCUT2D eigenvalue weighted by molar-refractivity contribution is 8.13. The predicted molar refractivity (Wildman–Crippen MR) is 159 cm³/mol. The van der Waals surface area contributed by atoms with Gasteiger partial charge in [0.2, 0.25) is 0 Å². The fourth-order valence-corrected chi connectivity index (χ4v) is 6.02. The number of allylic oxidation sites excluding steroid dienone is 8. The van der Waals surface area contributed by atoms with E-state index >= 15 is 0 Å². The van der Waals surface area contributed by atoms with Crippen molar-refractivity contribution in [3.8, 4) is 36.4 Å². The van der Waals surface area contributed by atoms with Crippen molar-refractivity contribution in [3.05, 3.63) is 44.8 Å². The maximum absolute atomic E-state index is 12.4. The number of thioether (sulfide) groups is 2. The lowest BCUT2D eigenvalue weighted by atomic mass is 9.82. The monoisotopic (exact) mass is 598 g/mol. The number of carbonyl (C=O) groups excluding carboxylic acids is 2. The molecule has 0 bridgehead atoms. The third-order valence-electron chi connectivity index (χ3n) is 7.13. The van der Waals surface area contributed by atoms with Crippen LogP contribution < -0.4 is 10.6 Å². The predicted octanol–water partition coefficient (Wildman–Crippen LogP) is 4.57. The molecule has 2 unspecified atom stereocenters. The van der Waals surface area contributed by atoms with Crippen LogP contribution in [0.3, 0.4) is 0 Å². The Morgan fingerprint density at radius 3 is 1.29 bits per heavy atom. The van der Waals surface area contributed by atoms with Crippen molar-refractivity contribution in [2.75, 3.05) is 25.6 Å². The number of rotatable bonds is 11. The van der Waals surface area contributed by atoms with Crippen LogP contribution in [0.15, 0.2) is 44.8 Å². The molecule has 0 aromatic heterocycles. The Hall–Kier alpha value is -4.46. The van der Waals surface area contributed by atoms with Crippen LogP contribution in [-0.4, -0.2) is 35.8 Å². The van der Waals surface area contributed by atoms with Gasteiger partial charge < -0.3 is 10.6 Å². The summed E-state index contributed by atoms with van der Waals surface area (Å²) in [5.74, 6) is -0.827. The maximum Gasteiger partial charge on any atom is 0.192 e. The van der Waals surface area contributed by atoms with Gasteiger partial charge in [0.25, 0.3) is 0 Å². The smallest absolute Gasteiger partial charge is 0.192 e. The van der Waals surface area contributed by atoms with Crippen molar-refractivity contribution in [3.63, 3.8) is 0 Å². The summed E-state index contributed by atoms with van der Waals surface area (Å²) in [6, 6.07) is 11.6. The second kappa shape index (κ2) is 17.4. The Morgan fingerprint density at radius 2 is 1.00 bits per heavy atom. The molecule has 0 fully saturated rings. The third kappa shape index (κ3) is 8.52. The maximum atomic E-state index is 12.4. The molecule has 0 heterocycles. The van der Waals surface area contributed by atoms with E-state index in [2.05, 4.69) is 22.8 Å². The standard InChI is InChI=1S/C30H30N8O2S2/c1-41-29(39)19-9-23(21(13-31)14-32)25(17-35)27(11-19)37-7-5-3-4-6-8-38-28-12-20(30(40)42-2)10-24(26(28)18-36)22(15-33)16-34/h19-20,37-38H,3-12H2,1-2H3. The minimum absolute atomic E-state index is 0.0534. The molecule has 2 atom stereocenters. The molecular weight excluding hydrogens is 569 g/mol. The zero-order valence-corrected chi connectivity index (χ0v) is 25.2. The fraction of sp³-hybridized carbons (Fsp3) is 0.467. The highest BCUT2D eigenvalue weighted by Gasteiger charge is 2.32. The lowest BCUT2D eigenvalue weighted by Crippen LogP contribution is -2.27. The zero-order valence-electron chi connectivity index (χ0n) is 23.5. The first-order valence-corrected chi connectivity index (χ1v) is 15.8. The lowest BCUT2D eigenvalue weighted by molar-refractivity contribution is -0.115. The average molecular weight is 599 g/mol. The minimum atomic E-state index is -0.414. The molecule has 0 aromatic carbocycles. The molecule has 10 nitrogen and oxygen atoms in total. The van der Waals surface area contributed by atoms with Gasteiger partial charge in [0.15, 0.2) is 10.2 Å². The molecule has 2 N–H and O–H groups in total. The molecule has 12 heteroatoms. The third-order valence-corrected chi connectivity index (χ3v) is 8.60. The molecular formula is C30H30N8O2S2. The molecule has 0 aliphatic heterocycles. The number of carbonyl (C=O) groups is 2. The second-order valence-corrected chi connectivity index (χ2v) is 11.2. The highest BCUT2D eigenvalue weighted by atomic mass is 32.2. The van der Waals surface area contributed by atoms with E-state index in [4.69, 9.17) is 0 Å². The van der Waals surface area contributed by atoms with Gasteiger partial charge in [-0.3, -0.25) is 9.59 Å². The average Bonchev–Trinajstić information content (AvgIpc) is 3.02. The van der Waals surface area contributed by atoms with Crippen LogP contribution in [0.1, 0.15) is 51.4 Å².